The molecule has 0 rings (SSSR count). The molecule has 2 N–H and O–H groups in total. The molecule has 0 aliphatic rings. The number of phosphoric acid groups is 1. The van der Waals surface area contributed by atoms with Crippen molar-refractivity contribution in [3.8, 4) is 0 Å². The molecule has 0 saturated carbocycles. The summed E-state index contributed by atoms with van der Waals surface area (Å²) in [7, 11) is -4.26. The smallest absolute Gasteiger partial charge is 0.341 e. The number of hydrogen-bond acceptors (Lipinski definition) is 2. The number of unbranched alkanes of at least 4 members (excludes halogenated alkanes) is 15. The van der Waals surface area contributed by atoms with Crippen LogP contribution < -0.4 is 29.6 Å². The molecule has 28 heavy (non-hydrogen) atoms. The van der Waals surface area contributed by atoms with Crippen LogP contribution in [-0.4, -0.2) is 16.4 Å². The van der Waals surface area contributed by atoms with Gasteiger partial charge in [-0.15, -0.1) is 0 Å². The summed E-state index contributed by atoms with van der Waals surface area (Å²) in [6.07, 6.45) is 20.7. The zero-order valence-corrected chi connectivity index (χ0v) is 22.4. The van der Waals surface area contributed by atoms with Gasteiger partial charge < -0.3 is 16.7 Å². The summed E-state index contributed by atoms with van der Waals surface area (Å²) in [5.41, 5.74) is 0. The summed E-state index contributed by atoms with van der Waals surface area (Å²) in [4.78, 5) is 17.1. The fourth-order valence-electron chi connectivity index (χ4n) is 2.83. The van der Waals surface area contributed by atoms with Crippen molar-refractivity contribution in [3.63, 3.8) is 0 Å². The second-order valence-electron chi connectivity index (χ2n) is 8.02. The molecule has 0 bridgehead atoms. The Morgan fingerprint density at radius 3 is 1.21 bits per heavy atom. The van der Waals surface area contributed by atoms with E-state index >= 15 is 0 Å². The van der Waals surface area contributed by atoms with Crippen molar-refractivity contribution in [1.29, 1.82) is 0 Å². The van der Waals surface area contributed by atoms with Crippen molar-refractivity contribution in [2.75, 3.05) is 6.61 Å². The molecule has 0 atom stereocenters. The Balaban J connectivity index is -0.00000113. The van der Waals surface area contributed by atoms with Crippen molar-refractivity contribution >= 4 is 7.82 Å². The summed E-state index contributed by atoms with van der Waals surface area (Å²) in [6.45, 7) is 10.2. The average molecular weight is 431 g/mol. The normalized spacial score (nSPS) is 11.1. The van der Waals surface area contributed by atoms with E-state index in [-0.39, 0.29) is 36.2 Å². The minimum absolute atomic E-state index is 0. The van der Waals surface area contributed by atoms with Crippen molar-refractivity contribution in [3.05, 3.63) is 6.92 Å². The number of rotatable bonds is 18. The summed E-state index contributed by atoms with van der Waals surface area (Å²) in [5, 5.41) is 0. The first kappa shape index (κ1) is 33.7. The average Bonchev–Trinajstić information content (AvgIpc) is 2.56. The van der Waals surface area contributed by atoms with Crippen LogP contribution in [0, 0.1) is 12.8 Å². The summed E-state index contributed by atoms with van der Waals surface area (Å²) < 4.78 is 14.9. The summed E-state index contributed by atoms with van der Waals surface area (Å²) in [5.74, 6) is 0.583. The van der Waals surface area contributed by atoms with E-state index in [1.165, 1.54) is 83.5 Å². The molecule has 4 nitrogen and oxygen atoms in total. The van der Waals surface area contributed by atoms with E-state index in [0.29, 0.717) is 5.92 Å². The molecule has 0 unspecified atom stereocenters. The third-order valence-electron chi connectivity index (χ3n) is 4.26. The summed E-state index contributed by atoms with van der Waals surface area (Å²) in [6, 6.07) is 0. The maximum absolute atomic E-state index is 10.5. The van der Waals surface area contributed by atoms with Gasteiger partial charge in [0.15, 0.2) is 0 Å². The van der Waals surface area contributed by atoms with Gasteiger partial charge in [-0.25, -0.2) is 4.57 Å². The Kier molecular flexibility index (Phi) is 31.5. The molecule has 0 heterocycles. The van der Waals surface area contributed by atoms with E-state index in [2.05, 4.69) is 32.2 Å². The first-order valence-corrected chi connectivity index (χ1v) is 12.9. The van der Waals surface area contributed by atoms with Gasteiger partial charge in [-0.05, 0) is 6.42 Å². The minimum Gasteiger partial charge on any atom is -0.341 e. The monoisotopic (exact) mass is 430 g/mol. The predicted molar refractivity (Wildman–Crippen MR) is 118 cm³/mol. The molecule has 166 valence electrons. The maximum Gasteiger partial charge on any atom is 1.00 e. The van der Waals surface area contributed by atoms with Gasteiger partial charge in [-0.3, -0.25) is 4.52 Å². The Hall–Kier alpha value is 1.11. The van der Waals surface area contributed by atoms with E-state index in [1.54, 1.807) is 0 Å². The molecule has 0 saturated heterocycles. The second-order valence-corrected chi connectivity index (χ2v) is 9.26. The van der Waals surface area contributed by atoms with E-state index in [0.717, 1.165) is 19.3 Å². The van der Waals surface area contributed by atoms with Gasteiger partial charge in [0.05, 0.1) is 6.61 Å². The first-order valence-electron chi connectivity index (χ1n) is 11.3. The molecular weight excluding hydrogens is 382 g/mol. The van der Waals surface area contributed by atoms with Gasteiger partial charge in [0.2, 0.25) is 0 Å². The zero-order valence-electron chi connectivity index (χ0n) is 19.5. The van der Waals surface area contributed by atoms with Gasteiger partial charge in [0.25, 0.3) is 0 Å². The largest absolute Gasteiger partial charge is 1.00 e. The fourth-order valence-corrected chi connectivity index (χ4v) is 3.20. The van der Waals surface area contributed by atoms with Crippen LogP contribution in [0.5, 0.6) is 0 Å². The fraction of sp³-hybridized carbons (Fsp3) is 0.955. The predicted octanol–water partition coefficient (Wildman–Crippen LogP) is 4.84. The Labute approximate surface area is 198 Å². The van der Waals surface area contributed by atoms with Crippen LogP contribution in [0.25, 0.3) is 0 Å². The van der Waals surface area contributed by atoms with Crippen LogP contribution in [0.4, 0.5) is 0 Å². The topological polar surface area (TPSA) is 66.8 Å². The molecule has 0 aromatic carbocycles. The SMILES string of the molecule is CCCCCCCCCCCCCCCCCCOP(=O)(O)O.[CH2-]C(C)C.[Na+]. The van der Waals surface area contributed by atoms with Crippen LogP contribution in [0.2, 0.25) is 0 Å². The molecule has 0 spiro atoms. The number of phosphoric ester groups is 1. The van der Waals surface area contributed by atoms with Crippen molar-refractivity contribution < 1.29 is 48.4 Å². The van der Waals surface area contributed by atoms with Crippen LogP contribution in [0.1, 0.15) is 124 Å². The molecule has 0 aliphatic heterocycles. The molecule has 0 aromatic heterocycles. The van der Waals surface area contributed by atoms with E-state index in [4.69, 9.17) is 9.79 Å². The van der Waals surface area contributed by atoms with Crippen LogP contribution >= 0.6 is 7.82 Å². The Morgan fingerprint density at radius 2 is 0.964 bits per heavy atom. The quantitative estimate of drug-likeness (QED) is 0.141. The molecule has 0 aliphatic carbocycles. The maximum atomic E-state index is 10.5. The van der Waals surface area contributed by atoms with Crippen LogP contribution in [-0.2, 0) is 9.09 Å². The number of hydrogen-bond donors (Lipinski definition) is 2. The van der Waals surface area contributed by atoms with Crippen LogP contribution in [0.15, 0.2) is 0 Å². The first-order chi connectivity index (χ1) is 12.8. The Bertz CT molecular complexity index is 319. The van der Waals surface area contributed by atoms with Crippen molar-refractivity contribution in [2.45, 2.75) is 124 Å². The van der Waals surface area contributed by atoms with E-state index in [9.17, 15) is 4.57 Å². The van der Waals surface area contributed by atoms with Gasteiger partial charge >= 0.3 is 37.4 Å². The van der Waals surface area contributed by atoms with E-state index < -0.39 is 7.82 Å². The minimum atomic E-state index is -4.26. The molecular formula is C22H48NaO4P. The molecule has 0 amide bonds. The van der Waals surface area contributed by atoms with Gasteiger partial charge in [0, 0.05) is 0 Å². The second kappa shape index (κ2) is 26.1. The van der Waals surface area contributed by atoms with Gasteiger partial charge in [-0.2, -0.15) is 5.92 Å². The zero-order chi connectivity index (χ0) is 20.8. The molecule has 0 radical (unpaired) electrons. The van der Waals surface area contributed by atoms with Crippen LogP contribution in [0.3, 0.4) is 0 Å². The molecule has 0 fully saturated rings. The standard InChI is InChI=1S/C18H39O4P.C4H9.Na/c1-2-3-4-5-6-7-8-9-10-11-12-13-14-15-16-17-18-22-23(19,20)21;1-4(2)3;/h2-18H2,1H3,(H2,19,20,21);4H,1H2,2-3H3;/q;-1;+1. The van der Waals surface area contributed by atoms with Crippen molar-refractivity contribution in [2.24, 2.45) is 5.92 Å². The molecule has 0 aromatic rings. The third-order valence-corrected chi connectivity index (χ3v) is 4.78. The van der Waals surface area contributed by atoms with Gasteiger partial charge in [-0.1, -0.05) is 117 Å². The van der Waals surface area contributed by atoms with Gasteiger partial charge in [0.1, 0.15) is 0 Å². The van der Waals surface area contributed by atoms with E-state index in [1.807, 2.05) is 0 Å². The van der Waals surface area contributed by atoms with Crippen molar-refractivity contribution in [1.82, 2.24) is 0 Å². The third kappa shape index (κ3) is 41.5. The Morgan fingerprint density at radius 1 is 0.714 bits per heavy atom. The summed E-state index contributed by atoms with van der Waals surface area (Å²) >= 11 is 0. The molecule has 6 heteroatoms.